The van der Waals surface area contributed by atoms with E-state index in [1.807, 2.05) is 26.0 Å². The van der Waals surface area contributed by atoms with E-state index in [-0.39, 0.29) is 6.04 Å². The fourth-order valence-electron chi connectivity index (χ4n) is 1.78. The zero-order valence-electron chi connectivity index (χ0n) is 10.3. The highest BCUT2D eigenvalue weighted by Gasteiger charge is 2.11. The van der Waals surface area contributed by atoms with Gasteiger partial charge < -0.3 is 5.32 Å². The molecular formula is C13H16N4. The van der Waals surface area contributed by atoms with E-state index in [0.717, 1.165) is 22.8 Å². The average Bonchev–Trinajstić information content (AvgIpc) is 2.32. The third-order valence-corrected chi connectivity index (χ3v) is 2.71. The van der Waals surface area contributed by atoms with Gasteiger partial charge in [0.15, 0.2) is 0 Å². The van der Waals surface area contributed by atoms with E-state index in [9.17, 15) is 0 Å². The largest absolute Gasteiger partial charge is 0.375 e. The molecule has 2 aromatic heterocycles. The van der Waals surface area contributed by atoms with Crippen LogP contribution in [0.3, 0.4) is 0 Å². The quantitative estimate of drug-likeness (QED) is 0.877. The van der Waals surface area contributed by atoms with Crippen LogP contribution >= 0.6 is 0 Å². The predicted molar refractivity (Wildman–Crippen MR) is 67.8 cm³/mol. The SMILES string of the molecule is Cc1ncccc1NC(C)c1nccnc1C. The third kappa shape index (κ3) is 2.58. The van der Waals surface area contributed by atoms with Crippen LogP contribution in [0.15, 0.2) is 30.7 Å². The molecule has 1 unspecified atom stereocenters. The molecule has 0 aromatic carbocycles. The average molecular weight is 228 g/mol. The van der Waals surface area contributed by atoms with Crippen molar-refractivity contribution in [1.82, 2.24) is 15.0 Å². The topological polar surface area (TPSA) is 50.7 Å². The summed E-state index contributed by atoms with van der Waals surface area (Å²) < 4.78 is 0. The Morgan fingerprint density at radius 2 is 1.71 bits per heavy atom. The zero-order valence-corrected chi connectivity index (χ0v) is 10.3. The molecule has 0 bridgehead atoms. The van der Waals surface area contributed by atoms with Gasteiger partial charge in [0, 0.05) is 18.6 Å². The summed E-state index contributed by atoms with van der Waals surface area (Å²) in [6, 6.07) is 4.06. The lowest BCUT2D eigenvalue weighted by molar-refractivity contribution is 0.807. The number of aromatic nitrogens is 3. The molecule has 4 nitrogen and oxygen atoms in total. The van der Waals surface area contributed by atoms with Gasteiger partial charge in [-0.1, -0.05) is 0 Å². The van der Waals surface area contributed by atoms with Crippen LogP contribution in [0.5, 0.6) is 0 Å². The molecule has 2 aromatic rings. The molecule has 0 radical (unpaired) electrons. The summed E-state index contributed by atoms with van der Waals surface area (Å²) >= 11 is 0. The number of aryl methyl sites for hydroxylation is 2. The first-order valence-corrected chi connectivity index (χ1v) is 5.64. The Balaban J connectivity index is 2.20. The summed E-state index contributed by atoms with van der Waals surface area (Å²) in [6.45, 7) is 6.03. The van der Waals surface area contributed by atoms with Gasteiger partial charge in [0.05, 0.1) is 28.8 Å². The van der Waals surface area contributed by atoms with Crippen molar-refractivity contribution < 1.29 is 0 Å². The molecule has 0 aliphatic heterocycles. The lowest BCUT2D eigenvalue weighted by Crippen LogP contribution is -2.12. The molecule has 88 valence electrons. The van der Waals surface area contributed by atoms with Crippen LogP contribution in [0.25, 0.3) is 0 Å². The molecule has 0 saturated carbocycles. The third-order valence-electron chi connectivity index (χ3n) is 2.71. The molecule has 0 aliphatic rings. The number of nitrogens with one attached hydrogen (secondary N) is 1. The number of anilines is 1. The minimum absolute atomic E-state index is 0.117. The molecule has 0 saturated heterocycles. The molecule has 0 amide bonds. The zero-order chi connectivity index (χ0) is 12.3. The van der Waals surface area contributed by atoms with Crippen LogP contribution in [0, 0.1) is 13.8 Å². The first-order chi connectivity index (χ1) is 8.18. The van der Waals surface area contributed by atoms with Gasteiger partial charge in [0.2, 0.25) is 0 Å². The molecule has 2 heterocycles. The second-order valence-corrected chi connectivity index (χ2v) is 4.03. The monoisotopic (exact) mass is 228 g/mol. The van der Waals surface area contributed by atoms with Crippen molar-refractivity contribution in [3.8, 4) is 0 Å². The number of pyridine rings is 1. The molecule has 0 fully saturated rings. The smallest absolute Gasteiger partial charge is 0.0835 e. The van der Waals surface area contributed by atoms with E-state index in [2.05, 4.69) is 27.2 Å². The molecule has 4 heteroatoms. The van der Waals surface area contributed by atoms with Crippen LogP contribution in [0.1, 0.15) is 30.0 Å². The lowest BCUT2D eigenvalue weighted by Gasteiger charge is -2.17. The van der Waals surface area contributed by atoms with Crippen LogP contribution in [-0.4, -0.2) is 15.0 Å². The summed E-state index contributed by atoms with van der Waals surface area (Å²) in [7, 11) is 0. The van der Waals surface area contributed by atoms with Crippen molar-refractivity contribution in [1.29, 1.82) is 0 Å². The maximum atomic E-state index is 4.36. The Morgan fingerprint density at radius 1 is 1.00 bits per heavy atom. The van der Waals surface area contributed by atoms with Gasteiger partial charge >= 0.3 is 0 Å². The van der Waals surface area contributed by atoms with Crippen molar-refractivity contribution in [3.05, 3.63) is 47.8 Å². The Hall–Kier alpha value is -1.97. The Kier molecular flexibility index (Phi) is 3.32. The number of nitrogens with zero attached hydrogens (tertiary/aromatic N) is 3. The normalized spacial score (nSPS) is 12.2. The van der Waals surface area contributed by atoms with Crippen molar-refractivity contribution in [2.24, 2.45) is 0 Å². The highest BCUT2D eigenvalue weighted by atomic mass is 15.0. The number of hydrogen-bond acceptors (Lipinski definition) is 4. The Bertz CT molecular complexity index is 510. The van der Waals surface area contributed by atoms with Gasteiger partial charge in [-0.25, -0.2) is 0 Å². The first kappa shape index (κ1) is 11.5. The minimum atomic E-state index is 0.117. The number of rotatable bonds is 3. The maximum absolute atomic E-state index is 4.36. The molecule has 17 heavy (non-hydrogen) atoms. The predicted octanol–water partition coefficient (Wildman–Crippen LogP) is 2.66. The number of hydrogen-bond donors (Lipinski definition) is 1. The fraction of sp³-hybridized carbons (Fsp3) is 0.308. The molecular weight excluding hydrogens is 212 g/mol. The van der Waals surface area contributed by atoms with Crippen LogP contribution in [0.2, 0.25) is 0 Å². The summed E-state index contributed by atoms with van der Waals surface area (Å²) in [4.78, 5) is 12.9. The van der Waals surface area contributed by atoms with Crippen molar-refractivity contribution in [2.45, 2.75) is 26.8 Å². The van der Waals surface area contributed by atoms with Gasteiger partial charge in [-0.05, 0) is 32.9 Å². The molecule has 0 aliphatic carbocycles. The van der Waals surface area contributed by atoms with E-state index in [1.165, 1.54) is 0 Å². The highest BCUT2D eigenvalue weighted by Crippen LogP contribution is 2.20. The van der Waals surface area contributed by atoms with Gasteiger partial charge in [-0.2, -0.15) is 0 Å². The van der Waals surface area contributed by atoms with E-state index in [0.29, 0.717) is 0 Å². The van der Waals surface area contributed by atoms with Crippen LogP contribution < -0.4 is 5.32 Å². The van der Waals surface area contributed by atoms with Crippen LogP contribution in [0.4, 0.5) is 5.69 Å². The van der Waals surface area contributed by atoms with Crippen molar-refractivity contribution >= 4 is 5.69 Å². The molecule has 2 rings (SSSR count). The standard InChI is InChI=1S/C13H16N4/c1-9-12(5-4-6-14-9)17-11(3)13-10(2)15-7-8-16-13/h4-8,11,17H,1-3H3. The highest BCUT2D eigenvalue weighted by molar-refractivity contribution is 5.48. The van der Waals surface area contributed by atoms with Crippen molar-refractivity contribution in [2.75, 3.05) is 5.32 Å². The second-order valence-electron chi connectivity index (χ2n) is 4.03. The molecule has 0 spiro atoms. The van der Waals surface area contributed by atoms with Gasteiger partial charge in [-0.15, -0.1) is 0 Å². The van der Waals surface area contributed by atoms with E-state index in [1.54, 1.807) is 18.6 Å². The van der Waals surface area contributed by atoms with E-state index in [4.69, 9.17) is 0 Å². The summed E-state index contributed by atoms with van der Waals surface area (Å²) in [5, 5.41) is 3.40. The minimum Gasteiger partial charge on any atom is -0.375 e. The van der Waals surface area contributed by atoms with Crippen LogP contribution in [-0.2, 0) is 0 Å². The summed E-state index contributed by atoms with van der Waals surface area (Å²) in [6.07, 6.45) is 5.22. The van der Waals surface area contributed by atoms with Crippen molar-refractivity contribution in [3.63, 3.8) is 0 Å². The summed E-state index contributed by atoms with van der Waals surface area (Å²) in [5.41, 5.74) is 3.94. The Morgan fingerprint density at radius 3 is 2.41 bits per heavy atom. The Labute approximate surface area is 101 Å². The second kappa shape index (κ2) is 4.91. The molecule has 1 N–H and O–H groups in total. The van der Waals surface area contributed by atoms with E-state index >= 15 is 0 Å². The van der Waals surface area contributed by atoms with Gasteiger partial charge in [0.25, 0.3) is 0 Å². The maximum Gasteiger partial charge on any atom is 0.0835 e. The lowest BCUT2D eigenvalue weighted by atomic mass is 10.1. The van der Waals surface area contributed by atoms with Gasteiger partial charge in [-0.3, -0.25) is 15.0 Å². The van der Waals surface area contributed by atoms with Gasteiger partial charge in [0.1, 0.15) is 0 Å². The van der Waals surface area contributed by atoms with E-state index < -0.39 is 0 Å². The molecule has 1 atom stereocenters. The first-order valence-electron chi connectivity index (χ1n) is 5.64. The summed E-state index contributed by atoms with van der Waals surface area (Å²) in [5.74, 6) is 0. The fourth-order valence-corrected chi connectivity index (χ4v) is 1.78.